The lowest BCUT2D eigenvalue weighted by Gasteiger charge is -2.42. The SMILES string of the molecule is Cc1occc(=O)c1OC1OC(CO)C(O)C(O)C1OC1OCC(O)(CO)C1O. The molecule has 3 rings (SSSR count). The Morgan fingerprint density at radius 3 is 2.52 bits per heavy atom. The van der Waals surface area contributed by atoms with Crippen LogP contribution < -0.4 is 10.2 Å². The minimum Gasteiger partial charge on any atom is -0.465 e. The van der Waals surface area contributed by atoms with E-state index in [1.807, 2.05) is 0 Å². The van der Waals surface area contributed by atoms with Crippen molar-refractivity contribution in [3.8, 4) is 5.75 Å². The Hall–Kier alpha value is -1.61. The molecule has 0 spiro atoms. The van der Waals surface area contributed by atoms with Crippen LogP contribution in [-0.4, -0.2) is 99.2 Å². The molecule has 164 valence electrons. The number of aryl methyl sites for hydroxylation is 1. The van der Waals surface area contributed by atoms with Gasteiger partial charge in [0, 0.05) is 6.07 Å². The first-order chi connectivity index (χ1) is 13.7. The first-order valence-corrected chi connectivity index (χ1v) is 8.87. The molecule has 8 unspecified atom stereocenters. The second kappa shape index (κ2) is 8.63. The number of aliphatic hydroxyl groups excluding tert-OH is 5. The van der Waals surface area contributed by atoms with Gasteiger partial charge in [0.05, 0.1) is 26.1 Å². The van der Waals surface area contributed by atoms with Crippen molar-refractivity contribution < 1.29 is 54.0 Å². The normalized spacial score (nSPS) is 40.2. The highest BCUT2D eigenvalue weighted by molar-refractivity contribution is 5.23. The quantitative estimate of drug-likeness (QED) is 0.268. The molecule has 12 nitrogen and oxygen atoms in total. The standard InChI is InChI=1S/C17H24O12/c1-7-12(8(20)2-3-25-7)28-15-13(11(22)10(21)9(4-18)27-15)29-16-14(23)17(24,5-19)6-26-16/h2-3,9-11,13-16,18-19,21-24H,4-6H2,1H3. The van der Waals surface area contributed by atoms with Crippen molar-refractivity contribution in [3.63, 3.8) is 0 Å². The van der Waals surface area contributed by atoms with Gasteiger partial charge in [-0.15, -0.1) is 0 Å². The van der Waals surface area contributed by atoms with Gasteiger partial charge in [-0.2, -0.15) is 0 Å². The van der Waals surface area contributed by atoms with Crippen LogP contribution in [0, 0.1) is 6.92 Å². The summed E-state index contributed by atoms with van der Waals surface area (Å²) >= 11 is 0. The van der Waals surface area contributed by atoms with Gasteiger partial charge in [0.25, 0.3) is 0 Å². The number of hydrogen-bond donors (Lipinski definition) is 6. The van der Waals surface area contributed by atoms with E-state index in [0.717, 1.165) is 12.3 Å². The highest BCUT2D eigenvalue weighted by Crippen LogP contribution is 2.31. The largest absolute Gasteiger partial charge is 0.465 e. The molecule has 0 bridgehead atoms. The van der Waals surface area contributed by atoms with Crippen LogP contribution in [-0.2, 0) is 14.2 Å². The lowest BCUT2D eigenvalue weighted by Crippen LogP contribution is -2.62. The summed E-state index contributed by atoms with van der Waals surface area (Å²) in [6.45, 7) is -0.472. The average molecular weight is 420 g/mol. The van der Waals surface area contributed by atoms with Gasteiger partial charge in [0.1, 0.15) is 35.8 Å². The molecule has 6 N–H and O–H groups in total. The van der Waals surface area contributed by atoms with Crippen molar-refractivity contribution in [3.05, 3.63) is 28.3 Å². The first-order valence-electron chi connectivity index (χ1n) is 8.87. The van der Waals surface area contributed by atoms with Crippen LogP contribution >= 0.6 is 0 Å². The zero-order valence-electron chi connectivity index (χ0n) is 15.5. The highest BCUT2D eigenvalue weighted by atomic mass is 16.8. The zero-order chi connectivity index (χ0) is 21.3. The van der Waals surface area contributed by atoms with E-state index in [4.69, 9.17) is 23.4 Å². The summed E-state index contributed by atoms with van der Waals surface area (Å²) in [7, 11) is 0. The third-order valence-corrected chi connectivity index (χ3v) is 4.94. The summed E-state index contributed by atoms with van der Waals surface area (Å²) in [5.41, 5.74) is -2.53. The third-order valence-electron chi connectivity index (χ3n) is 4.94. The van der Waals surface area contributed by atoms with Crippen LogP contribution in [0.25, 0.3) is 0 Å². The van der Waals surface area contributed by atoms with Gasteiger partial charge in [0.2, 0.25) is 17.5 Å². The summed E-state index contributed by atoms with van der Waals surface area (Å²) < 4.78 is 26.7. The predicted octanol–water partition coefficient (Wildman–Crippen LogP) is -3.41. The maximum Gasteiger partial charge on any atom is 0.230 e. The molecular formula is C17H24O12. The summed E-state index contributed by atoms with van der Waals surface area (Å²) in [4.78, 5) is 12.1. The summed E-state index contributed by atoms with van der Waals surface area (Å²) in [5, 5.41) is 59.5. The van der Waals surface area contributed by atoms with Crippen LogP contribution in [0.2, 0.25) is 0 Å². The fraction of sp³-hybridized carbons (Fsp3) is 0.706. The Labute approximate surface area is 164 Å². The fourth-order valence-corrected chi connectivity index (χ4v) is 3.12. The Kier molecular flexibility index (Phi) is 6.57. The molecule has 3 heterocycles. The lowest BCUT2D eigenvalue weighted by atomic mass is 9.98. The molecule has 29 heavy (non-hydrogen) atoms. The molecule has 0 saturated carbocycles. The van der Waals surface area contributed by atoms with E-state index in [1.165, 1.54) is 6.92 Å². The molecule has 0 aliphatic carbocycles. The average Bonchev–Trinajstić information content (AvgIpc) is 2.99. The third kappa shape index (κ3) is 4.17. The molecule has 0 radical (unpaired) electrons. The van der Waals surface area contributed by atoms with Crippen LogP contribution in [0.5, 0.6) is 5.75 Å². The minimum absolute atomic E-state index is 0.104. The molecule has 2 aliphatic heterocycles. The van der Waals surface area contributed by atoms with Gasteiger partial charge in [-0.3, -0.25) is 4.79 Å². The highest BCUT2D eigenvalue weighted by Gasteiger charge is 2.53. The lowest BCUT2D eigenvalue weighted by molar-refractivity contribution is -0.319. The molecule has 2 saturated heterocycles. The van der Waals surface area contributed by atoms with Gasteiger partial charge in [-0.25, -0.2) is 0 Å². The van der Waals surface area contributed by atoms with Crippen LogP contribution in [0.1, 0.15) is 5.76 Å². The van der Waals surface area contributed by atoms with E-state index in [-0.39, 0.29) is 11.5 Å². The Bertz CT molecular complexity index is 752. The van der Waals surface area contributed by atoms with Crippen LogP contribution in [0.3, 0.4) is 0 Å². The summed E-state index contributed by atoms with van der Waals surface area (Å²) in [6.07, 6.45) is -9.58. The van der Waals surface area contributed by atoms with E-state index >= 15 is 0 Å². The summed E-state index contributed by atoms with van der Waals surface area (Å²) in [6, 6.07) is 1.10. The van der Waals surface area contributed by atoms with Crippen LogP contribution in [0.15, 0.2) is 21.5 Å². The Balaban J connectivity index is 1.85. The van der Waals surface area contributed by atoms with Crippen molar-refractivity contribution in [2.24, 2.45) is 0 Å². The topological polar surface area (TPSA) is 189 Å². The van der Waals surface area contributed by atoms with Gasteiger partial charge in [-0.1, -0.05) is 0 Å². The Morgan fingerprint density at radius 2 is 1.93 bits per heavy atom. The smallest absolute Gasteiger partial charge is 0.230 e. The van der Waals surface area contributed by atoms with E-state index < -0.39 is 74.0 Å². The second-order valence-corrected chi connectivity index (χ2v) is 6.98. The Morgan fingerprint density at radius 1 is 1.21 bits per heavy atom. The van der Waals surface area contributed by atoms with E-state index in [1.54, 1.807) is 0 Å². The van der Waals surface area contributed by atoms with E-state index in [0.29, 0.717) is 0 Å². The molecule has 0 amide bonds. The minimum atomic E-state index is -1.98. The van der Waals surface area contributed by atoms with Crippen molar-refractivity contribution in [1.82, 2.24) is 0 Å². The number of hydrogen-bond acceptors (Lipinski definition) is 12. The summed E-state index contributed by atoms with van der Waals surface area (Å²) in [5.74, 6) is -0.140. The first kappa shape index (κ1) is 22.1. The monoisotopic (exact) mass is 420 g/mol. The van der Waals surface area contributed by atoms with Gasteiger partial charge < -0.3 is 54.0 Å². The van der Waals surface area contributed by atoms with Gasteiger partial charge in [0.15, 0.2) is 12.4 Å². The zero-order valence-corrected chi connectivity index (χ0v) is 15.5. The molecule has 1 aromatic rings. The van der Waals surface area contributed by atoms with Crippen LogP contribution in [0.4, 0.5) is 0 Å². The van der Waals surface area contributed by atoms with Crippen molar-refractivity contribution >= 4 is 0 Å². The molecule has 8 atom stereocenters. The van der Waals surface area contributed by atoms with Gasteiger partial charge >= 0.3 is 0 Å². The van der Waals surface area contributed by atoms with Crippen molar-refractivity contribution in [1.29, 1.82) is 0 Å². The maximum atomic E-state index is 12.1. The van der Waals surface area contributed by atoms with E-state index in [9.17, 15) is 35.4 Å². The second-order valence-electron chi connectivity index (χ2n) is 6.98. The van der Waals surface area contributed by atoms with Crippen molar-refractivity contribution in [2.75, 3.05) is 19.8 Å². The fourth-order valence-electron chi connectivity index (χ4n) is 3.12. The number of rotatable bonds is 6. The number of ether oxygens (including phenoxy) is 4. The molecule has 1 aromatic heterocycles. The molecule has 0 aromatic carbocycles. The molecule has 12 heteroatoms. The molecular weight excluding hydrogens is 396 g/mol. The maximum absolute atomic E-state index is 12.1. The predicted molar refractivity (Wildman–Crippen MR) is 90.8 cm³/mol. The molecule has 2 aliphatic rings. The van der Waals surface area contributed by atoms with Crippen molar-refractivity contribution in [2.45, 2.75) is 55.6 Å². The van der Waals surface area contributed by atoms with Gasteiger partial charge in [-0.05, 0) is 6.92 Å². The number of aliphatic hydroxyl groups is 6. The van der Waals surface area contributed by atoms with E-state index in [2.05, 4.69) is 0 Å². The molecule has 2 fully saturated rings.